The number of nitrogens with one attached hydrogen (secondary N) is 1. The molecule has 1 amide bonds. The summed E-state index contributed by atoms with van der Waals surface area (Å²) >= 11 is 0. The summed E-state index contributed by atoms with van der Waals surface area (Å²) in [6.07, 6.45) is 2.68. The first kappa shape index (κ1) is 17.5. The topological polar surface area (TPSA) is 68.0 Å². The highest BCUT2D eigenvalue weighted by Gasteiger charge is 2.18. The van der Waals surface area contributed by atoms with Gasteiger partial charge in [-0.15, -0.1) is 0 Å². The molecule has 1 N–H and O–H groups in total. The van der Waals surface area contributed by atoms with Gasteiger partial charge in [0.05, 0.1) is 0 Å². The molecule has 0 aliphatic heterocycles. The number of aryl methyl sites for hydroxylation is 1. The molecule has 1 aliphatic carbocycles. The van der Waals surface area contributed by atoms with Crippen molar-refractivity contribution in [2.45, 2.75) is 45.4 Å². The monoisotopic (exact) mass is 361 g/mol. The van der Waals surface area contributed by atoms with Crippen molar-refractivity contribution in [1.82, 2.24) is 10.1 Å². The molecule has 5 nitrogen and oxygen atoms in total. The number of hydrogen-bond acceptors (Lipinski definition) is 4. The molecule has 0 atom stereocenters. The Morgan fingerprint density at radius 3 is 2.78 bits per heavy atom. The third-order valence-corrected chi connectivity index (χ3v) is 4.88. The lowest BCUT2D eigenvalue weighted by molar-refractivity contribution is -0.116. The van der Waals surface area contributed by atoms with Gasteiger partial charge in [-0.3, -0.25) is 4.79 Å². The Hall–Kier alpha value is -2.95. The van der Waals surface area contributed by atoms with Gasteiger partial charge in [0.15, 0.2) is 5.82 Å². The van der Waals surface area contributed by atoms with Crippen LogP contribution in [0.3, 0.4) is 0 Å². The Bertz CT molecular complexity index is 975. The van der Waals surface area contributed by atoms with Crippen LogP contribution < -0.4 is 5.32 Å². The van der Waals surface area contributed by atoms with E-state index in [0.29, 0.717) is 31.0 Å². The molecule has 1 aliphatic rings. The normalized spacial score (nSPS) is 12.1. The van der Waals surface area contributed by atoms with Gasteiger partial charge in [0, 0.05) is 24.4 Å². The van der Waals surface area contributed by atoms with E-state index in [9.17, 15) is 4.79 Å². The second kappa shape index (κ2) is 7.35. The fourth-order valence-corrected chi connectivity index (χ4v) is 3.43. The maximum Gasteiger partial charge on any atom is 0.226 e. The standard InChI is InChI=1S/C22H23N3O2/c1-14(2)22-24-21(27-25-22)9-5-8-20(26)23-17-11-10-16-12-15-6-3-4-7-18(15)19(16)13-17/h3-4,6-7,10-11,13-14H,5,8-9,12H2,1-2H3,(H,23,26). The maximum atomic E-state index is 12.3. The van der Waals surface area contributed by atoms with E-state index >= 15 is 0 Å². The summed E-state index contributed by atoms with van der Waals surface area (Å²) in [6.45, 7) is 4.05. The van der Waals surface area contributed by atoms with E-state index in [1.807, 2.05) is 19.9 Å². The second-order valence-electron chi connectivity index (χ2n) is 7.31. The van der Waals surface area contributed by atoms with Crippen LogP contribution in [0.4, 0.5) is 5.69 Å². The summed E-state index contributed by atoms with van der Waals surface area (Å²) in [4.78, 5) is 16.6. The Morgan fingerprint density at radius 1 is 1.15 bits per heavy atom. The smallest absolute Gasteiger partial charge is 0.226 e. The fraction of sp³-hybridized carbons (Fsp3) is 0.318. The van der Waals surface area contributed by atoms with Crippen LogP contribution >= 0.6 is 0 Å². The van der Waals surface area contributed by atoms with Crippen molar-refractivity contribution in [2.24, 2.45) is 0 Å². The first-order valence-corrected chi connectivity index (χ1v) is 9.43. The minimum Gasteiger partial charge on any atom is -0.339 e. The van der Waals surface area contributed by atoms with Gasteiger partial charge in [0.25, 0.3) is 0 Å². The highest BCUT2D eigenvalue weighted by molar-refractivity contribution is 5.92. The Morgan fingerprint density at radius 2 is 1.96 bits per heavy atom. The van der Waals surface area contributed by atoms with E-state index in [1.165, 1.54) is 22.3 Å². The van der Waals surface area contributed by atoms with Gasteiger partial charge >= 0.3 is 0 Å². The van der Waals surface area contributed by atoms with Gasteiger partial charge in [-0.25, -0.2) is 0 Å². The van der Waals surface area contributed by atoms with Crippen LogP contribution in [-0.2, 0) is 17.6 Å². The summed E-state index contributed by atoms with van der Waals surface area (Å²) in [5, 5.41) is 6.95. The number of nitrogens with zero attached hydrogens (tertiary/aromatic N) is 2. The molecule has 0 bridgehead atoms. The van der Waals surface area contributed by atoms with Crippen LogP contribution in [0.25, 0.3) is 11.1 Å². The number of carbonyl (C=O) groups is 1. The summed E-state index contributed by atoms with van der Waals surface area (Å²) in [7, 11) is 0. The maximum absolute atomic E-state index is 12.3. The van der Waals surface area contributed by atoms with Crippen molar-refractivity contribution in [3.05, 3.63) is 65.3 Å². The van der Waals surface area contributed by atoms with Crippen LogP contribution in [0.15, 0.2) is 47.0 Å². The lowest BCUT2D eigenvalue weighted by atomic mass is 10.1. The van der Waals surface area contributed by atoms with E-state index in [2.05, 4.69) is 51.9 Å². The van der Waals surface area contributed by atoms with Crippen LogP contribution in [0.5, 0.6) is 0 Å². The highest BCUT2D eigenvalue weighted by atomic mass is 16.5. The minimum atomic E-state index is 0.00447. The third-order valence-electron chi connectivity index (χ3n) is 4.88. The van der Waals surface area contributed by atoms with Gasteiger partial charge in [0.1, 0.15) is 0 Å². The quantitative estimate of drug-likeness (QED) is 0.539. The summed E-state index contributed by atoms with van der Waals surface area (Å²) in [5.74, 6) is 1.56. The SMILES string of the molecule is CC(C)c1noc(CCCC(=O)Nc2ccc3c(c2)-c2ccccc2C3)n1. The molecule has 5 heteroatoms. The van der Waals surface area contributed by atoms with Gasteiger partial charge in [-0.05, 0) is 47.2 Å². The minimum absolute atomic E-state index is 0.00447. The third kappa shape index (κ3) is 3.77. The lowest BCUT2D eigenvalue weighted by Gasteiger charge is -2.08. The van der Waals surface area contributed by atoms with Gasteiger partial charge < -0.3 is 9.84 Å². The predicted octanol–water partition coefficient (Wildman–Crippen LogP) is 4.73. The number of anilines is 1. The number of hydrogen-bond donors (Lipinski definition) is 1. The van der Waals surface area contributed by atoms with E-state index in [1.54, 1.807) is 0 Å². The van der Waals surface area contributed by atoms with Gasteiger partial charge in [-0.1, -0.05) is 49.3 Å². The fourth-order valence-electron chi connectivity index (χ4n) is 3.43. The lowest BCUT2D eigenvalue weighted by Crippen LogP contribution is -2.11. The molecule has 138 valence electrons. The van der Waals surface area contributed by atoms with Crippen molar-refractivity contribution in [1.29, 1.82) is 0 Å². The average molecular weight is 361 g/mol. The first-order valence-electron chi connectivity index (χ1n) is 9.43. The predicted molar refractivity (Wildman–Crippen MR) is 105 cm³/mol. The molecule has 27 heavy (non-hydrogen) atoms. The van der Waals surface area contributed by atoms with Crippen LogP contribution in [0.2, 0.25) is 0 Å². The molecule has 0 spiro atoms. The number of amides is 1. The second-order valence-corrected chi connectivity index (χ2v) is 7.31. The molecule has 3 aromatic rings. The molecule has 1 heterocycles. The van der Waals surface area contributed by atoms with Crippen LogP contribution in [0.1, 0.15) is 55.4 Å². The molecule has 1 aromatic heterocycles. The van der Waals surface area contributed by atoms with Crippen LogP contribution in [-0.4, -0.2) is 16.0 Å². The van der Waals surface area contributed by atoms with E-state index in [4.69, 9.17) is 4.52 Å². The molecule has 0 radical (unpaired) electrons. The summed E-state index contributed by atoms with van der Waals surface area (Å²) in [5.41, 5.74) is 5.98. The number of rotatable bonds is 6. The number of carbonyl (C=O) groups excluding carboxylic acids is 1. The van der Waals surface area contributed by atoms with Gasteiger partial charge in [-0.2, -0.15) is 4.98 Å². The van der Waals surface area contributed by atoms with Crippen molar-refractivity contribution in [2.75, 3.05) is 5.32 Å². The summed E-state index contributed by atoms with van der Waals surface area (Å²) < 4.78 is 5.22. The van der Waals surface area contributed by atoms with Crippen molar-refractivity contribution in [3.63, 3.8) is 0 Å². The number of fused-ring (bicyclic) bond motifs is 3. The average Bonchev–Trinajstić information content (AvgIpc) is 3.26. The first-order chi connectivity index (χ1) is 13.1. The molecular weight excluding hydrogens is 338 g/mol. The van der Waals surface area contributed by atoms with Crippen LogP contribution in [0, 0.1) is 0 Å². The molecule has 4 rings (SSSR count). The number of aromatic nitrogens is 2. The number of benzene rings is 2. The Balaban J connectivity index is 1.34. The zero-order valence-corrected chi connectivity index (χ0v) is 15.7. The van der Waals surface area contributed by atoms with E-state index in [0.717, 1.165) is 12.1 Å². The molecule has 0 saturated heterocycles. The highest BCUT2D eigenvalue weighted by Crippen LogP contribution is 2.37. The largest absolute Gasteiger partial charge is 0.339 e. The summed E-state index contributed by atoms with van der Waals surface area (Å²) in [6, 6.07) is 14.6. The van der Waals surface area contributed by atoms with E-state index < -0.39 is 0 Å². The Kier molecular flexibility index (Phi) is 4.75. The van der Waals surface area contributed by atoms with Crippen molar-refractivity contribution in [3.8, 4) is 11.1 Å². The van der Waals surface area contributed by atoms with E-state index in [-0.39, 0.29) is 11.8 Å². The molecule has 0 unspecified atom stereocenters. The van der Waals surface area contributed by atoms with Crippen molar-refractivity contribution >= 4 is 11.6 Å². The van der Waals surface area contributed by atoms with Crippen molar-refractivity contribution < 1.29 is 9.32 Å². The molecule has 0 saturated carbocycles. The molecular formula is C22H23N3O2. The zero-order valence-electron chi connectivity index (χ0n) is 15.7. The molecule has 2 aromatic carbocycles. The Labute approximate surface area is 158 Å². The zero-order chi connectivity index (χ0) is 18.8. The molecule has 0 fully saturated rings. The van der Waals surface area contributed by atoms with Gasteiger partial charge in [0.2, 0.25) is 11.8 Å².